The van der Waals surface area contributed by atoms with Crippen molar-refractivity contribution in [2.45, 2.75) is 19.3 Å². The van der Waals surface area contributed by atoms with Gasteiger partial charge in [-0.15, -0.1) is 0 Å². The van der Waals surface area contributed by atoms with Crippen LogP contribution in [-0.4, -0.2) is 25.2 Å². The first-order valence-corrected chi connectivity index (χ1v) is 7.82. The maximum absolute atomic E-state index is 12.3. The SMILES string of the molecule is COc1cccc(NC(=S)NCC2=CCC(CC(F)F)C=C2)c1. The third kappa shape index (κ3) is 5.98. The van der Waals surface area contributed by atoms with Crippen LogP contribution in [0.5, 0.6) is 5.75 Å². The zero-order valence-electron chi connectivity index (χ0n) is 12.9. The molecule has 1 unspecified atom stereocenters. The van der Waals surface area contributed by atoms with Crippen LogP contribution in [0.3, 0.4) is 0 Å². The number of thiocarbonyl (C=S) groups is 1. The second kappa shape index (κ2) is 8.62. The number of benzene rings is 1. The van der Waals surface area contributed by atoms with Gasteiger partial charge in [0.1, 0.15) is 5.75 Å². The summed E-state index contributed by atoms with van der Waals surface area (Å²) in [6.45, 7) is 0.563. The van der Waals surface area contributed by atoms with E-state index in [1.807, 2.05) is 42.5 Å². The molecule has 0 aliphatic heterocycles. The van der Waals surface area contributed by atoms with E-state index in [4.69, 9.17) is 17.0 Å². The van der Waals surface area contributed by atoms with Crippen LogP contribution in [0, 0.1) is 5.92 Å². The van der Waals surface area contributed by atoms with Crippen molar-refractivity contribution in [3.05, 3.63) is 48.1 Å². The molecule has 23 heavy (non-hydrogen) atoms. The van der Waals surface area contributed by atoms with Crippen molar-refractivity contribution in [1.82, 2.24) is 5.32 Å². The van der Waals surface area contributed by atoms with Crippen molar-refractivity contribution in [1.29, 1.82) is 0 Å². The third-order valence-electron chi connectivity index (χ3n) is 3.53. The molecule has 1 atom stereocenters. The average molecular weight is 338 g/mol. The van der Waals surface area contributed by atoms with Crippen LogP contribution in [0.1, 0.15) is 12.8 Å². The standard InChI is InChI=1S/C17H20F2N2OS/c1-22-15-4-2-3-14(10-15)21-17(23)20-11-13-7-5-12(6-8-13)9-16(18)19/h2-5,7-8,10,12,16H,6,9,11H2,1H3,(H2,20,21,23). The van der Waals surface area contributed by atoms with E-state index in [0.717, 1.165) is 17.0 Å². The highest BCUT2D eigenvalue weighted by Gasteiger charge is 2.14. The molecule has 124 valence electrons. The van der Waals surface area contributed by atoms with Gasteiger partial charge in [0.05, 0.1) is 7.11 Å². The molecule has 0 saturated carbocycles. The highest BCUT2D eigenvalue weighted by Crippen LogP contribution is 2.22. The molecule has 3 nitrogen and oxygen atoms in total. The molecule has 0 radical (unpaired) electrons. The molecule has 0 saturated heterocycles. The quantitative estimate of drug-likeness (QED) is 0.764. The lowest BCUT2D eigenvalue weighted by Gasteiger charge is -2.17. The van der Waals surface area contributed by atoms with Gasteiger partial charge in [0, 0.05) is 24.7 Å². The van der Waals surface area contributed by atoms with Gasteiger partial charge in [-0.2, -0.15) is 0 Å². The second-order valence-electron chi connectivity index (χ2n) is 5.30. The normalized spacial score (nSPS) is 16.9. The first-order chi connectivity index (χ1) is 11.1. The van der Waals surface area contributed by atoms with Crippen molar-refractivity contribution < 1.29 is 13.5 Å². The maximum Gasteiger partial charge on any atom is 0.239 e. The predicted octanol–water partition coefficient (Wildman–Crippen LogP) is 4.14. The van der Waals surface area contributed by atoms with Gasteiger partial charge in [-0.1, -0.05) is 24.3 Å². The van der Waals surface area contributed by atoms with Crippen LogP contribution in [0.4, 0.5) is 14.5 Å². The van der Waals surface area contributed by atoms with Crippen molar-refractivity contribution >= 4 is 23.0 Å². The van der Waals surface area contributed by atoms with E-state index in [2.05, 4.69) is 10.6 Å². The Morgan fingerprint density at radius 1 is 1.43 bits per heavy atom. The summed E-state index contributed by atoms with van der Waals surface area (Å²) in [5, 5.41) is 6.69. The van der Waals surface area contributed by atoms with Crippen LogP contribution in [0.2, 0.25) is 0 Å². The molecule has 1 aliphatic carbocycles. The largest absolute Gasteiger partial charge is 0.497 e. The molecule has 2 rings (SSSR count). The monoisotopic (exact) mass is 338 g/mol. The summed E-state index contributed by atoms with van der Waals surface area (Å²) in [7, 11) is 1.61. The van der Waals surface area contributed by atoms with Gasteiger partial charge in [-0.3, -0.25) is 0 Å². The number of ether oxygens (including phenoxy) is 1. The molecule has 1 aliphatic rings. The van der Waals surface area contributed by atoms with Crippen LogP contribution >= 0.6 is 12.2 Å². The zero-order chi connectivity index (χ0) is 16.7. The predicted molar refractivity (Wildman–Crippen MR) is 93.2 cm³/mol. The van der Waals surface area contributed by atoms with Gasteiger partial charge in [0.25, 0.3) is 0 Å². The second-order valence-corrected chi connectivity index (χ2v) is 5.71. The van der Waals surface area contributed by atoms with Gasteiger partial charge >= 0.3 is 0 Å². The van der Waals surface area contributed by atoms with E-state index in [9.17, 15) is 8.78 Å². The smallest absolute Gasteiger partial charge is 0.239 e. The molecular formula is C17H20F2N2OS. The molecule has 6 heteroatoms. The first kappa shape index (κ1) is 17.4. The van der Waals surface area contributed by atoms with E-state index in [1.54, 1.807) is 7.11 Å². The summed E-state index contributed by atoms with van der Waals surface area (Å²) >= 11 is 5.25. The third-order valence-corrected chi connectivity index (χ3v) is 3.77. The van der Waals surface area contributed by atoms with E-state index in [1.165, 1.54) is 0 Å². The number of rotatable bonds is 6. The fraction of sp³-hybridized carbons (Fsp3) is 0.353. The van der Waals surface area contributed by atoms with Crippen molar-refractivity contribution in [2.75, 3.05) is 19.0 Å². The molecule has 2 N–H and O–H groups in total. The molecule has 1 aromatic carbocycles. The number of allylic oxidation sites excluding steroid dienone is 2. The molecule has 0 spiro atoms. The van der Waals surface area contributed by atoms with Crippen LogP contribution in [0.15, 0.2) is 48.1 Å². The number of methoxy groups -OCH3 is 1. The fourth-order valence-corrected chi connectivity index (χ4v) is 2.49. The van der Waals surface area contributed by atoms with E-state index < -0.39 is 6.43 Å². The minimum absolute atomic E-state index is 0.0689. The van der Waals surface area contributed by atoms with Crippen LogP contribution in [0.25, 0.3) is 0 Å². The lowest BCUT2D eigenvalue weighted by molar-refractivity contribution is 0.123. The lowest BCUT2D eigenvalue weighted by Crippen LogP contribution is -2.30. The van der Waals surface area contributed by atoms with Crippen molar-refractivity contribution in [3.63, 3.8) is 0 Å². The molecule has 0 heterocycles. The zero-order valence-corrected chi connectivity index (χ0v) is 13.7. The van der Waals surface area contributed by atoms with E-state index in [0.29, 0.717) is 18.1 Å². The molecule has 0 fully saturated rings. The van der Waals surface area contributed by atoms with Crippen molar-refractivity contribution in [2.24, 2.45) is 5.92 Å². The maximum atomic E-state index is 12.3. The first-order valence-electron chi connectivity index (χ1n) is 7.41. The Labute approximate surface area is 140 Å². The van der Waals surface area contributed by atoms with E-state index in [-0.39, 0.29) is 12.3 Å². The highest BCUT2D eigenvalue weighted by atomic mass is 32.1. The summed E-state index contributed by atoms with van der Waals surface area (Å²) in [5.41, 5.74) is 1.89. The summed E-state index contributed by atoms with van der Waals surface area (Å²) in [6.07, 6.45) is 4.03. The number of nitrogens with one attached hydrogen (secondary N) is 2. The Morgan fingerprint density at radius 2 is 2.26 bits per heavy atom. The van der Waals surface area contributed by atoms with Crippen LogP contribution < -0.4 is 15.4 Å². The summed E-state index contributed by atoms with van der Waals surface area (Å²) in [5.74, 6) is 0.682. The molecule has 1 aromatic rings. The number of anilines is 1. The number of halogens is 2. The summed E-state index contributed by atoms with van der Waals surface area (Å²) < 4.78 is 29.8. The molecule has 0 bridgehead atoms. The van der Waals surface area contributed by atoms with E-state index >= 15 is 0 Å². The minimum Gasteiger partial charge on any atom is -0.497 e. The highest BCUT2D eigenvalue weighted by molar-refractivity contribution is 7.80. The van der Waals surface area contributed by atoms with Gasteiger partial charge in [0.2, 0.25) is 6.43 Å². The molecule has 0 aromatic heterocycles. The molecule has 0 amide bonds. The Kier molecular flexibility index (Phi) is 6.52. The van der Waals surface area contributed by atoms with Gasteiger partial charge in [-0.05, 0) is 42.3 Å². The Balaban J connectivity index is 1.77. The van der Waals surface area contributed by atoms with Gasteiger partial charge in [-0.25, -0.2) is 8.78 Å². The minimum atomic E-state index is -2.25. The lowest BCUT2D eigenvalue weighted by atomic mass is 9.94. The fourth-order valence-electron chi connectivity index (χ4n) is 2.30. The Hall–Kier alpha value is -1.95. The van der Waals surface area contributed by atoms with Crippen molar-refractivity contribution in [3.8, 4) is 5.75 Å². The number of hydrogen-bond acceptors (Lipinski definition) is 2. The number of alkyl halides is 2. The Morgan fingerprint density at radius 3 is 2.91 bits per heavy atom. The topological polar surface area (TPSA) is 33.3 Å². The summed E-state index contributed by atoms with van der Waals surface area (Å²) in [6, 6.07) is 7.47. The average Bonchev–Trinajstić information content (AvgIpc) is 2.54. The van der Waals surface area contributed by atoms with Crippen LogP contribution in [-0.2, 0) is 0 Å². The Bertz CT molecular complexity index is 602. The van der Waals surface area contributed by atoms with Gasteiger partial charge < -0.3 is 15.4 Å². The molecular weight excluding hydrogens is 318 g/mol. The number of hydrogen-bond donors (Lipinski definition) is 2. The van der Waals surface area contributed by atoms with Gasteiger partial charge in [0.15, 0.2) is 5.11 Å². The summed E-state index contributed by atoms with van der Waals surface area (Å²) in [4.78, 5) is 0.